The minimum Gasteiger partial charge on any atom is -0.478 e. The van der Waals surface area contributed by atoms with Gasteiger partial charge in [0.25, 0.3) is 0 Å². The second-order valence-corrected chi connectivity index (χ2v) is 8.50. The lowest BCUT2D eigenvalue weighted by Gasteiger charge is -2.38. The van der Waals surface area contributed by atoms with Crippen LogP contribution in [0.2, 0.25) is 0 Å². The number of nitrogens with one attached hydrogen (secondary N) is 2. The first-order valence-electron chi connectivity index (χ1n) is 11.4. The molecule has 178 valence electrons. The van der Waals surface area contributed by atoms with E-state index in [1.54, 1.807) is 6.08 Å². The number of nitrogens with zero attached hydrogens (tertiary/aromatic N) is 1. The SMILES string of the molecule is CCC(CC)O[C@@H]1C=C(C(=O)O)C[C@H](NCc2cc(-c3ccc(C)cc3)on2)[C@H]1NC(C)=O. The summed E-state index contributed by atoms with van der Waals surface area (Å²) in [5.74, 6) is -0.514. The Hall–Kier alpha value is -2.97. The third kappa shape index (κ3) is 6.52. The summed E-state index contributed by atoms with van der Waals surface area (Å²) in [4.78, 5) is 23.7. The number of carboxylic acid groups (broad SMARTS) is 1. The van der Waals surface area contributed by atoms with E-state index in [2.05, 4.69) is 15.8 Å². The van der Waals surface area contributed by atoms with E-state index in [0.29, 0.717) is 18.0 Å². The van der Waals surface area contributed by atoms with Gasteiger partial charge in [0, 0.05) is 36.7 Å². The van der Waals surface area contributed by atoms with Crippen LogP contribution < -0.4 is 10.6 Å². The van der Waals surface area contributed by atoms with Crippen molar-refractivity contribution in [3.05, 3.63) is 53.2 Å². The first kappa shape index (κ1) is 24.7. The van der Waals surface area contributed by atoms with Crippen LogP contribution in [0.15, 0.2) is 46.5 Å². The molecule has 1 aliphatic carbocycles. The second-order valence-electron chi connectivity index (χ2n) is 8.50. The number of ether oxygens (including phenoxy) is 1. The van der Waals surface area contributed by atoms with E-state index in [0.717, 1.165) is 24.0 Å². The van der Waals surface area contributed by atoms with Gasteiger partial charge in [0.1, 0.15) is 0 Å². The molecule has 3 atom stereocenters. The molecule has 0 saturated heterocycles. The molecule has 0 saturated carbocycles. The molecule has 1 heterocycles. The predicted molar refractivity (Wildman–Crippen MR) is 124 cm³/mol. The van der Waals surface area contributed by atoms with E-state index in [9.17, 15) is 14.7 Å². The Bertz CT molecular complexity index is 978. The molecule has 8 heteroatoms. The first-order valence-corrected chi connectivity index (χ1v) is 11.4. The second kappa shape index (κ2) is 11.2. The van der Waals surface area contributed by atoms with Crippen molar-refractivity contribution >= 4 is 11.9 Å². The number of carboxylic acids is 1. The summed E-state index contributed by atoms with van der Waals surface area (Å²) in [6.45, 7) is 7.89. The van der Waals surface area contributed by atoms with Gasteiger partial charge >= 0.3 is 5.97 Å². The molecule has 3 N–H and O–H groups in total. The highest BCUT2D eigenvalue weighted by Gasteiger charge is 2.37. The molecular weight excluding hydrogens is 422 g/mol. The van der Waals surface area contributed by atoms with Gasteiger partial charge in [-0.15, -0.1) is 0 Å². The van der Waals surface area contributed by atoms with E-state index in [4.69, 9.17) is 9.26 Å². The number of aromatic nitrogens is 1. The Morgan fingerprint density at radius 3 is 2.55 bits per heavy atom. The Kier molecular flexibility index (Phi) is 8.41. The zero-order valence-corrected chi connectivity index (χ0v) is 19.6. The van der Waals surface area contributed by atoms with Gasteiger partial charge < -0.3 is 25.0 Å². The molecule has 1 aromatic heterocycles. The normalized spacial score (nSPS) is 20.5. The molecule has 1 amide bonds. The zero-order chi connectivity index (χ0) is 24.0. The maximum Gasteiger partial charge on any atom is 0.331 e. The van der Waals surface area contributed by atoms with Crippen molar-refractivity contribution in [1.29, 1.82) is 0 Å². The molecule has 0 unspecified atom stereocenters. The molecule has 8 nitrogen and oxygen atoms in total. The number of carbonyl (C=O) groups excluding carboxylic acids is 1. The molecule has 0 fully saturated rings. The third-order valence-electron chi connectivity index (χ3n) is 5.94. The fraction of sp³-hybridized carbons (Fsp3) is 0.480. The molecule has 3 rings (SSSR count). The molecule has 0 aliphatic heterocycles. The van der Waals surface area contributed by atoms with Gasteiger partial charge in [-0.1, -0.05) is 48.8 Å². The van der Waals surface area contributed by atoms with Gasteiger partial charge in [0.05, 0.1) is 23.9 Å². The molecule has 0 radical (unpaired) electrons. The average Bonchev–Trinajstić information content (AvgIpc) is 3.26. The lowest BCUT2D eigenvalue weighted by Crippen LogP contribution is -2.58. The van der Waals surface area contributed by atoms with Crippen LogP contribution in [-0.4, -0.2) is 46.4 Å². The minimum absolute atomic E-state index is 0.0242. The Morgan fingerprint density at radius 1 is 1.24 bits per heavy atom. The Balaban J connectivity index is 1.77. The topological polar surface area (TPSA) is 114 Å². The van der Waals surface area contributed by atoms with Crippen LogP contribution in [0.3, 0.4) is 0 Å². The highest BCUT2D eigenvalue weighted by molar-refractivity contribution is 5.87. The maximum absolute atomic E-state index is 11.9. The van der Waals surface area contributed by atoms with Crippen molar-refractivity contribution in [3.63, 3.8) is 0 Å². The number of carbonyl (C=O) groups is 2. The van der Waals surface area contributed by atoms with E-state index < -0.39 is 18.1 Å². The van der Waals surface area contributed by atoms with Gasteiger partial charge in [-0.05, 0) is 32.3 Å². The molecular formula is C25H33N3O5. The van der Waals surface area contributed by atoms with Crippen LogP contribution in [0.1, 0.15) is 51.3 Å². The highest BCUT2D eigenvalue weighted by Crippen LogP contribution is 2.26. The third-order valence-corrected chi connectivity index (χ3v) is 5.94. The van der Waals surface area contributed by atoms with Crippen LogP contribution in [0.25, 0.3) is 11.3 Å². The molecule has 0 spiro atoms. The van der Waals surface area contributed by atoms with E-state index >= 15 is 0 Å². The van der Waals surface area contributed by atoms with Crippen molar-refractivity contribution in [2.45, 2.75) is 77.8 Å². The van der Waals surface area contributed by atoms with Crippen molar-refractivity contribution in [3.8, 4) is 11.3 Å². The van der Waals surface area contributed by atoms with Crippen molar-refractivity contribution in [2.75, 3.05) is 0 Å². The predicted octanol–water partition coefficient (Wildman–Crippen LogP) is 3.60. The van der Waals surface area contributed by atoms with Crippen molar-refractivity contribution < 1.29 is 24.0 Å². The standard InChI is InChI=1S/C25H33N3O5/c1-5-20(6-2)32-23-12-18(25(30)31)11-21(24(23)27-16(4)29)26-14-19-13-22(33-28-19)17-9-7-15(3)8-10-17/h7-10,12-13,20-21,23-24,26H,5-6,11,14H2,1-4H3,(H,27,29)(H,30,31)/t21-,23+,24+/m0/s1. The first-order chi connectivity index (χ1) is 15.8. The summed E-state index contributed by atoms with van der Waals surface area (Å²) in [5.41, 5.74) is 3.05. The summed E-state index contributed by atoms with van der Waals surface area (Å²) < 4.78 is 11.7. The molecule has 1 aliphatic rings. The number of aryl methyl sites for hydroxylation is 1. The number of amides is 1. The van der Waals surface area contributed by atoms with Crippen LogP contribution in [0.5, 0.6) is 0 Å². The van der Waals surface area contributed by atoms with Gasteiger partial charge in [0.15, 0.2) is 5.76 Å². The minimum atomic E-state index is -0.982. The summed E-state index contributed by atoms with van der Waals surface area (Å²) in [6, 6.07) is 9.08. The Morgan fingerprint density at radius 2 is 1.94 bits per heavy atom. The summed E-state index contributed by atoms with van der Waals surface area (Å²) in [6.07, 6.45) is 2.92. The maximum atomic E-state index is 11.9. The smallest absolute Gasteiger partial charge is 0.331 e. The highest BCUT2D eigenvalue weighted by atomic mass is 16.5. The lowest BCUT2D eigenvalue weighted by molar-refractivity contribution is -0.133. The average molecular weight is 456 g/mol. The molecule has 33 heavy (non-hydrogen) atoms. The number of hydrogen-bond donors (Lipinski definition) is 3. The van der Waals surface area contributed by atoms with Crippen LogP contribution >= 0.6 is 0 Å². The molecule has 1 aromatic carbocycles. The fourth-order valence-corrected chi connectivity index (χ4v) is 4.05. The largest absolute Gasteiger partial charge is 0.478 e. The lowest BCUT2D eigenvalue weighted by atomic mass is 9.87. The summed E-state index contributed by atoms with van der Waals surface area (Å²) in [7, 11) is 0. The van der Waals surface area contributed by atoms with Crippen LogP contribution in [-0.2, 0) is 20.9 Å². The molecule has 0 bridgehead atoms. The van der Waals surface area contributed by atoms with Crippen molar-refractivity contribution in [2.24, 2.45) is 0 Å². The van der Waals surface area contributed by atoms with E-state index in [1.165, 1.54) is 6.92 Å². The monoisotopic (exact) mass is 455 g/mol. The summed E-state index contributed by atoms with van der Waals surface area (Å²) >= 11 is 0. The quantitative estimate of drug-likeness (QED) is 0.502. The van der Waals surface area contributed by atoms with Gasteiger partial charge in [-0.3, -0.25) is 4.79 Å². The van der Waals surface area contributed by atoms with E-state index in [1.807, 2.05) is 51.1 Å². The molecule has 2 aromatic rings. The number of aliphatic carboxylic acids is 1. The van der Waals surface area contributed by atoms with Crippen LogP contribution in [0.4, 0.5) is 0 Å². The number of rotatable bonds is 10. The fourth-order valence-electron chi connectivity index (χ4n) is 4.05. The Labute approximate surface area is 194 Å². The number of hydrogen-bond acceptors (Lipinski definition) is 6. The van der Waals surface area contributed by atoms with Gasteiger partial charge in [-0.25, -0.2) is 4.79 Å². The van der Waals surface area contributed by atoms with Crippen molar-refractivity contribution in [1.82, 2.24) is 15.8 Å². The number of benzene rings is 1. The van der Waals surface area contributed by atoms with E-state index in [-0.39, 0.29) is 30.0 Å². The van der Waals surface area contributed by atoms with Gasteiger partial charge in [-0.2, -0.15) is 0 Å². The summed E-state index contributed by atoms with van der Waals surface area (Å²) in [5, 5.41) is 20.1. The zero-order valence-electron chi connectivity index (χ0n) is 19.6. The van der Waals surface area contributed by atoms with Crippen LogP contribution in [0, 0.1) is 6.92 Å². The van der Waals surface area contributed by atoms with Gasteiger partial charge in [0.2, 0.25) is 5.91 Å².